The summed E-state index contributed by atoms with van der Waals surface area (Å²) in [6, 6.07) is 13.8. The summed E-state index contributed by atoms with van der Waals surface area (Å²) in [6.45, 7) is 2.87. The molecule has 2 N–H and O–H groups in total. The Balaban J connectivity index is 1.52. The Hall–Kier alpha value is -3.70. The molecule has 5 rings (SSSR count). The van der Waals surface area contributed by atoms with Crippen molar-refractivity contribution in [3.05, 3.63) is 69.2 Å². The van der Waals surface area contributed by atoms with E-state index < -0.39 is 6.09 Å². The number of carbonyl (C=O) groups excluding carboxylic acids is 1. The van der Waals surface area contributed by atoms with Gasteiger partial charge in [-0.2, -0.15) is 5.21 Å². The Morgan fingerprint density at radius 2 is 2.05 bits per heavy atom. The molecule has 0 fully saturated rings. The lowest BCUT2D eigenvalue weighted by molar-refractivity contribution is 0.170. The van der Waals surface area contributed by atoms with Crippen LogP contribution in [0, 0.1) is 0 Å². The summed E-state index contributed by atoms with van der Waals surface area (Å²) in [7, 11) is 1.33. The lowest BCUT2D eigenvalue weighted by Gasteiger charge is -2.13. The zero-order valence-electron chi connectivity index (χ0n) is 20.8. The molecule has 0 spiro atoms. The summed E-state index contributed by atoms with van der Waals surface area (Å²) in [5.41, 5.74) is 4.14. The number of carbonyl (C=O) groups is 1. The third kappa shape index (κ3) is 5.16. The lowest BCUT2D eigenvalue weighted by Crippen LogP contribution is -2.24. The smallest absolute Gasteiger partial charge is 0.407 e. The molecule has 0 aliphatic heterocycles. The van der Waals surface area contributed by atoms with E-state index in [1.165, 1.54) is 7.11 Å². The van der Waals surface area contributed by atoms with Gasteiger partial charge in [0, 0.05) is 29.5 Å². The SMILES string of the molecule is CCCCc1nc(Cl)c(CNC(=O)OC)n1Cc1ccc2oc(-c3ccccc3-c3nn[nH]n3)c(Br)c2c1. The minimum Gasteiger partial charge on any atom is -0.455 e. The van der Waals surface area contributed by atoms with Crippen molar-refractivity contribution >= 4 is 44.6 Å². The molecule has 0 saturated heterocycles. The molecule has 2 aromatic carbocycles. The number of halogens is 2. The highest BCUT2D eigenvalue weighted by molar-refractivity contribution is 9.10. The highest BCUT2D eigenvalue weighted by atomic mass is 79.9. The maximum Gasteiger partial charge on any atom is 0.407 e. The van der Waals surface area contributed by atoms with Crippen LogP contribution in [0.3, 0.4) is 0 Å². The number of hydrogen-bond acceptors (Lipinski definition) is 7. The van der Waals surface area contributed by atoms with Crippen molar-refractivity contribution in [2.24, 2.45) is 0 Å². The van der Waals surface area contributed by atoms with Crippen LogP contribution in [-0.2, 0) is 24.2 Å². The summed E-state index contributed by atoms with van der Waals surface area (Å²) in [6.07, 6.45) is 2.26. The normalized spacial score (nSPS) is 11.3. The van der Waals surface area contributed by atoms with E-state index in [4.69, 9.17) is 20.8 Å². The fraction of sp³-hybridized carbons (Fsp3) is 0.269. The monoisotopic (exact) mass is 597 g/mol. The maximum absolute atomic E-state index is 11.7. The molecule has 12 heteroatoms. The van der Waals surface area contributed by atoms with E-state index in [0.29, 0.717) is 23.3 Å². The second-order valence-corrected chi connectivity index (χ2v) is 9.81. The van der Waals surface area contributed by atoms with Crippen molar-refractivity contribution in [3.63, 3.8) is 0 Å². The molecule has 3 aromatic heterocycles. The van der Waals surface area contributed by atoms with E-state index >= 15 is 0 Å². The zero-order valence-corrected chi connectivity index (χ0v) is 23.1. The maximum atomic E-state index is 11.7. The van der Waals surface area contributed by atoms with Crippen LogP contribution >= 0.6 is 27.5 Å². The fourth-order valence-electron chi connectivity index (χ4n) is 4.34. The number of aromatic nitrogens is 6. The third-order valence-electron chi connectivity index (χ3n) is 6.23. The van der Waals surface area contributed by atoms with Crippen LogP contribution in [0.2, 0.25) is 5.15 Å². The fourth-order valence-corrected chi connectivity index (χ4v) is 5.21. The van der Waals surface area contributed by atoms with Crippen LogP contribution in [-0.4, -0.2) is 43.4 Å². The van der Waals surface area contributed by atoms with Gasteiger partial charge < -0.3 is 19.0 Å². The largest absolute Gasteiger partial charge is 0.455 e. The number of nitrogens with one attached hydrogen (secondary N) is 2. The number of aromatic amines is 1. The molecule has 1 amide bonds. The average molecular weight is 599 g/mol. The molecule has 0 radical (unpaired) electrons. The van der Waals surface area contributed by atoms with Gasteiger partial charge >= 0.3 is 6.09 Å². The molecular weight excluding hydrogens is 574 g/mol. The molecule has 0 atom stereocenters. The zero-order chi connectivity index (χ0) is 26.6. The number of ether oxygens (including phenoxy) is 1. The molecule has 0 bridgehead atoms. The van der Waals surface area contributed by atoms with Crippen LogP contribution in [0.25, 0.3) is 33.7 Å². The molecule has 0 saturated carbocycles. The lowest BCUT2D eigenvalue weighted by atomic mass is 10.0. The number of benzene rings is 2. The number of fused-ring (bicyclic) bond motifs is 1. The van der Waals surface area contributed by atoms with E-state index in [0.717, 1.165) is 62.9 Å². The topological polar surface area (TPSA) is 124 Å². The van der Waals surface area contributed by atoms with Gasteiger partial charge in [0.15, 0.2) is 5.15 Å². The summed E-state index contributed by atoms with van der Waals surface area (Å²) < 4.78 is 13.9. The molecule has 10 nitrogen and oxygen atoms in total. The predicted molar refractivity (Wildman–Crippen MR) is 147 cm³/mol. The Morgan fingerprint density at radius 1 is 1.24 bits per heavy atom. The average Bonchev–Trinajstić information content (AvgIpc) is 3.65. The molecule has 0 aliphatic rings. The molecule has 5 aromatic rings. The number of aryl methyl sites for hydroxylation is 1. The Morgan fingerprint density at radius 3 is 2.79 bits per heavy atom. The Labute approximate surface area is 231 Å². The highest BCUT2D eigenvalue weighted by Gasteiger charge is 2.21. The molecular formula is C26H25BrClN7O3. The Kier molecular flexibility index (Phi) is 7.75. The number of unbranched alkanes of at least 4 members (excludes halogenated alkanes) is 1. The second-order valence-electron chi connectivity index (χ2n) is 8.66. The number of H-pyrrole nitrogens is 1. The number of alkyl carbamates (subject to hydrolysis) is 1. The van der Waals surface area contributed by atoms with Crippen LogP contribution in [0.4, 0.5) is 4.79 Å². The van der Waals surface area contributed by atoms with Gasteiger partial charge in [0.05, 0.1) is 23.8 Å². The van der Waals surface area contributed by atoms with Crippen LogP contribution in [0.1, 0.15) is 36.8 Å². The number of nitrogens with zero attached hydrogens (tertiary/aromatic N) is 5. The first-order valence-electron chi connectivity index (χ1n) is 12.1. The van der Waals surface area contributed by atoms with Gasteiger partial charge in [-0.05, 0) is 45.3 Å². The summed E-state index contributed by atoms with van der Waals surface area (Å²) in [5, 5.41) is 18.5. The van der Waals surface area contributed by atoms with Crippen molar-refractivity contribution in [3.8, 4) is 22.7 Å². The van der Waals surface area contributed by atoms with E-state index in [1.807, 2.05) is 36.4 Å². The van der Waals surface area contributed by atoms with E-state index in [-0.39, 0.29) is 6.54 Å². The van der Waals surface area contributed by atoms with Crippen LogP contribution in [0.5, 0.6) is 0 Å². The minimum absolute atomic E-state index is 0.208. The highest BCUT2D eigenvalue weighted by Crippen LogP contribution is 2.41. The van der Waals surface area contributed by atoms with E-state index in [1.54, 1.807) is 0 Å². The number of furan rings is 1. The molecule has 0 aliphatic carbocycles. The van der Waals surface area contributed by atoms with Crippen LogP contribution < -0.4 is 5.32 Å². The molecule has 38 heavy (non-hydrogen) atoms. The predicted octanol–water partition coefficient (Wildman–Crippen LogP) is 6.14. The number of methoxy groups -OCH3 is 1. The number of tetrazole rings is 1. The van der Waals surface area contributed by atoms with Gasteiger partial charge in [0.1, 0.15) is 17.2 Å². The van der Waals surface area contributed by atoms with Gasteiger partial charge in [-0.3, -0.25) is 0 Å². The van der Waals surface area contributed by atoms with E-state index in [2.05, 4.69) is 64.4 Å². The van der Waals surface area contributed by atoms with Crippen molar-refractivity contribution in [1.82, 2.24) is 35.5 Å². The van der Waals surface area contributed by atoms with Crippen LogP contribution in [0.15, 0.2) is 51.4 Å². The molecule has 0 unspecified atom stereocenters. The van der Waals surface area contributed by atoms with Crippen molar-refractivity contribution < 1.29 is 13.9 Å². The van der Waals surface area contributed by atoms with Gasteiger partial charge in [-0.1, -0.05) is 55.3 Å². The third-order valence-corrected chi connectivity index (χ3v) is 7.32. The summed E-state index contributed by atoms with van der Waals surface area (Å²) >= 11 is 10.3. The van der Waals surface area contributed by atoms with Gasteiger partial charge in [-0.25, -0.2) is 9.78 Å². The summed E-state index contributed by atoms with van der Waals surface area (Å²) in [4.78, 5) is 16.3. The minimum atomic E-state index is -0.527. The first-order chi connectivity index (χ1) is 18.5. The van der Waals surface area contributed by atoms with Crippen molar-refractivity contribution in [1.29, 1.82) is 0 Å². The van der Waals surface area contributed by atoms with E-state index in [9.17, 15) is 4.79 Å². The van der Waals surface area contributed by atoms with Crippen molar-refractivity contribution in [2.75, 3.05) is 7.11 Å². The summed E-state index contributed by atoms with van der Waals surface area (Å²) in [5.74, 6) is 2.03. The number of imidazole rings is 1. The second kappa shape index (κ2) is 11.4. The standard InChI is InChI=1S/C26H25BrClN7O3/c1-3-4-9-21-30-24(28)19(13-29-26(36)37-2)35(21)14-15-10-11-20-18(12-15)22(27)23(38-20)16-7-5-6-8-17(16)25-31-33-34-32-25/h5-8,10-12H,3-4,9,13-14H2,1-2H3,(H,29,36)(H,31,32,33,34). The quantitative estimate of drug-likeness (QED) is 0.209. The van der Waals surface area contributed by atoms with Gasteiger partial charge in [0.25, 0.3) is 0 Å². The number of hydrogen-bond donors (Lipinski definition) is 2. The van der Waals surface area contributed by atoms with Gasteiger partial charge in [0.2, 0.25) is 5.82 Å². The first-order valence-corrected chi connectivity index (χ1v) is 13.3. The van der Waals surface area contributed by atoms with Gasteiger partial charge in [-0.15, -0.1) is 10.2 Å². The van der Waals surface area contributed by atoms with Crippen molar-refractivity contribution in [2.45, 2.75) is 39.3 Å². The Bertz CT molecular complexity index is 1580. The first kappa shape index (κ1) is 25.9. The molecule has 196 valence electrons. The molecule has 3 heterocycles. The number of amides is 1. The number of rotatable bonds is 9.